The molecule has 0 aliphatic carbocycles. The number of thiophene rings is 1. The van der Waals surface area contributed by atoms with Crippen LogP contribution in [0.15, 0.2) is 155 Å². The first kappa shape index (κ1) is 23.5. The Labute approximate surface area is 242 Å². The second kappa shape index (κ2) is 9.67. The van der Waals surface area contributed by atoms with Gasteiger partial charge in [0.05, 0.1) is 0 Å². The molecule has 0 bridgehead atoms. The lowest BCUT2D eigenvalue weighted by molar-refractivity contribution is 1.40. The molecule has 0 radical (unpaired) electrons. The van der Waals surface area contributed by atoms with Gasteiger partial charge in [0, 0.05) is 24.9 Å². The van der Waals surface area contributed by atoms with E-state index in [1.54, 1.807) is 0 Å². The number of benzene rings is 6. The lowest BCUT2D eigenvalue weighted by Crippen LogP contribution is -1.93. The fraction of sp³-hybridized carbons (Fsp3) is 0. The van der Waals surface area contributed by atoms with Gasteiger partial charge in [0.1, 0.15) is 0 Å². The first-order valence-corrected chi connectivity index (χ1v) is 15.2. The van der Waals surface area contributed by atoms with E-state index in [-0.39, 0.29) is 0 Å². The summed E-state index contributed by atoms with van der Waals surface area (Å²) in [5.41, 5.74) is 10.2. The van der Waals surface area contributed by atoms with Crippen LogP contribution in [0.4, 0.5) is 0 Å². The van der Waals surface area contributed by atoms with Crippen LogP contribution in [0, 0.1) is 0 Å². The van der Waals surface area contributed by atoms with Gasteiger partial charge in [0.25, 0.3) is 0 Å². The summed E-state index contributed by atoms with van der Waals surface area (Å²) in [6.07, 6.45) is 0. The Bertz CT molecular complexity index is 2010. The van der Waals surface area contributed by atoms with E-state index in [0.29, 0.717) is 0 Å². The standard InChI is InChI=1S/C38H24S2/c1-2-9-25(10-3-1)26-17-19-27(20-18-26)28-11-4-5-12-29(28)35-23-24-36(39-35)31-21-22-37-38-32(14-8-15-33(31)38)30-13-6-7-16-34(30)40-37/h1-24H. The van der Waals surface area contributed by atoms with Crippen molar-refractivity contribution in [2.45, 2.75) is 9.79 Å². The van der Waals surface area contributed by atoms with Gasteiger partial charge < -0.3 is 0 Å². The van der Waals surface area contributed by atoms with E-state index >= 15 is 0 Å². The van der Waals surface area contributed by atoms with Gasteiger partial charge in [0.15, 0.2) is 0 Å². The average molecular weight is 545 g/mol. The lowest BCUT2D eigenvalue weighted by atomic mass is 9.94. The summed E-state index contributed by atoms with van der Waals surface area (Å²) in [6.45, 7) is 0. The minimum Gasteiger partial charge on any atom is -0.135 e. The summed E-state index contributed by atoms with van der Waals surface area (Å²) in [7, 11) is 0. The fourth-order valence-corrected chi connectivity index (χ4v) is 8.06. The molecule has 2 heterocycles. The highest BCUT2D eigenvalue weighted by Gasteiger charge is 2.21. The first-order chi connectivity index (χ1) is 19.8. The zero-order valence-electron chi connectivity index (χ0n) is 21.7. The maximum Gasteiger partial charge on any atom is 0.0355 e. The van der Waals surface area contributed by atoms with Crippen LogP contribution in [0.2, 0.25) is 0 Å². The van der Waals surface area contributed by atoms with Gasteiger partial charge in [-0.05, 0) is 74.2 Å². The third-order valence-corrected chi connectivity index (χ3v) is 10.1. The lowest BCUT2D eigenvalue weighted by Gasteiger charge is -2.21. The Hall–Kier alpha value is -4.37. The molecular weight excluding hydrogens is 521 g/mol. The molecular formula is C38H24S2. The van der Waals surface area contributed by atoms with Crippen molar-refractivity contribution in [1.29, 1.82) is 0 Å². The van der Waals surface area contributed by atoms with Gasteiger partial charge in [-0.2, -0.15) is 0 Å². The predicted octanol–water partition coefficient (Wildman–Crippen LogP) is 11.7. The van der Waals surface area contributed by atoms with E-state index in [4.69, 9.17) is 0 Å². The van der Waals surface area contributed by atoms with Crippen LogP contribution < -0.4 is 0 Å². The monoisotopic (exact) mass is 544 g/mol. The summed E-state index contributed by atoms with van der Waals surface area (Å²) in [5.74, 6) is 0. The maximum atomic E-state index is 2.31. The van der Waals surface area contributed by atoms with Crippen LogP contribution in [-0.4, -0.2) is 0 Å². The van der Waals surface area contributed by atoms with Crippen LogP contribution in [0.5, 0.6) is 0 Å². The minimum absolute atomic E-state index is 1.24. The van der Waals surface area contributed by atoms with Crippen molar-refractivity contribution in [1.82, 2.24) is 0 Å². The fourth-order valence-electron chi connectivity index (χ4n) is 5.85. The molecule has 0 nitrogen and oxygen atoms in total. The van der Waals surface area contributed by atoms with E-state index in [0.717, 1.165) is 0 Å². The van der Waals surface area contributed by atoms with Gasteiger partial charge in [0.2, 0.25) is 0 Å². The highest BCUT2D eigenvalue weighted by Crippen LogP contribution is 2.50. The van der Waals surface area contributed by atoms with Crippen LogP contribution in [0.3, 0.4) is 0 Å². The van der Waals surface area contributed by atoms with Gasteiger partial charge in [-0.3, -0.25) is 0 Å². The third kappa shape index (κ3) is 3.92. The molecule has 40 heavy (non-hydrogen) atoms. The van der Waals surface area contributed by atoms with Gasteiger partial charge in [-0.25, -0.2) is 0 Å². The Morgan fingerprint density at radius 3 is 1.77 bits per heavy atom. The Morgan fingerprint density at radius 2 is 0.950 bits per heavy atom. The molecule has 0 amide bonds. The smallest absolute Gasteiger partial charge is 0.0355 e. The van der Waals surface area contributed by atoms with E-state index in [2.05, 4.69) is 146 Å². The highest BCUT2D eigenvalue weighted by atomic mass is 32.2. The Balaban J connectivity index is 1.20. The summed E-state index contributed by atoms with van der Waals surface area (Å²) in [4.78, 5) is 5.27. The summed E-state index contributed by atoms with van der Waals surface area (Å²) in [6, 6.07) is 53.0. The molecule has 2 heteroatoms. The first-order valence-electron chi connectivity index (χ1n) is 13.5. The Morgan fingerprint density at radius 1 is 0.325 bits per heavy atom. The normalized spacial score (nSPS) is 11.9. The summed E-state index contributed by atoms with van der Waals surface area (Å²) in [5, 5.41) is 2.70. The third-order valence-electron chi connectivity index (χ3n) is 7.77. The maximum absolute atomic E-state index is 2.31. The van der Waals surface area contributed by atoms with Crippen LogP contribution in [0.1, 0.15) is 0 Å². The largest absolute Gasteiger partial charge is 0.135 e. The van der Waals surface area contributed by atoms with Gasteiger partial charge in [-0.15, -0.1) is 11.3 Å². The molecule has 8 rings (SSSR count). The summed E-state index contributed by atoms with van der Waals surface area (Å²) >= 11 is 3.76. The van der Waals surface area contributed by atoms with E-state index < -0.39 is 0 Å². The second-order valence-corrected chi connectivity index (χ2v) is 12.3. The number of hydrogen-bond donors (Lipinski definition) is 0. The van der Waals surface area contributed by atoms with E-state index in [1.807, 2.05) is 23.1 Å². The number of hydrogen-bond acceptors (Lipinski definition) is 2. The van der Waals surface area contributed by atoms with Gasteiger partial charge in [-0.1, -0.05) is 133 Å². The van der Waals surface area contributed by atoms with Crippen LogP contribution in [-0.2, 0) is 0 Å². The van der Waals surface area contributed by atoms with E-state index in [1.165, 1.54) is 74.8 Å². The van der Waals surface area contributed by atoms with Crippen molar-refractivity contribution in [3.63, 3.8) is 0 Å². The predicted molar refractivity (Wildman–Crippen MR) is 173 cm³/mol. The van der Waals surface area contributed by atoms with Crippen molar-refractivity contribution < 1.29 is 0 Å². The number of fused-ring (bicyclic) bond motifs is 2. The molecule has 0 spiro atoms. The SMILES string of the molecule is c1ccc(-c2ccc(-c3ccccc3-c3ccc(-c4ccc5c6c(cccc46)-c4ccccc4S5)s3)cc2)cc1. The van der Waals surface area contributed by atoms with Crippen molar-refractivity contribution in [3.8, 4) is 54.3 Å². The van der Waals surface area contributed by atoms with Gasteiger partial charge >= 0.3 is 0 Å². The molecule has 188 valence electrons. The second-order valence-electron chi connectivity index (χ2n) is 10.1. The molecule has 1 aromatic heterocycles. The minimum atomic E-state index is 1.24. The average Bonchev–Trinajstić information content (AvgIpc) is 3.52. The summed E-state index contributed by atoms with van der Waals surface area (Å²) < 4.78 is 0. The quantitative estimate of drug-likeness (QED) is 0.212. The molecule has 0 saturated carbocycles. The van der Waals surface area contributed by atoms with Crippen molar-refractivity contribution in [2.75, 3.05) is 0 Å². The Kier molecular flexibility index (Phi) is 5.69. The molecule has 1 aliphatic rings. The molecule has 1 aliphatic heterocycles. The molecule has 0 unspecified atom stereocenters. The van der Waals surface area contributed by atoms with Crippen LogP contribution >= 0.6 is 23.1 Å². The zero-order chi connectivity index (χ0) is 26.5. The zero-order valence-corrected chi connectivity index (χ0v) is 23.3. The van der Waals surface area contributed by atoms with Crippen LogP contribution in [0.25, 0.3) is 65.0 Å². The molecule has 7 aromatic rings. The molecule has 0 fully saturated rings. The van der Waals surface area contributed by atoms with Crippen molar-refractivity contribution in [2.24, 2.45) is 0 Å². The molecule has 6 aromatic carbocycles. The number of rotatable bonds is 4. The molecule has 0 atom stereocenters. The molecule has 0 saturated heterocycles. The topological polar surface area (TPSA) is 0 Å². The van der Waals surface area contributed by atoms with E-state index in [9.17, 15) is 0 Å². The molecule has 0 N–H and O–H groups in total. The van der Waals surface area contributed by atoms with Crippen molar-refractivity contribution in [3.05, 3.63) is 146 Å². The van der Waals surface area contributed by atoms with Crippen molar-refractivity contribution >= 4 is 33.9 Å². The highest BCUT2D eigenvalue weighted by molar-refractivity contribution is 7.99.